The van der Waals surface area contributed by atoms with Crippen LogP contribution in [0.2, 0.25) is 0 Å². The van der Waals surface area contributed by atoms with E-state index in [1.165, 1.54) is 0 Å². The number of hydrogen-bond donors (Lipinski definition) is 1. The molecule has 0 aliphatic carbocycles. The number of amides is 1. The molecule has 0 atom stereocenters. The highest BCUT2D eigenvalue weighted by atomic mass is 79.9. The third-order valence-corrected chi connectivity index (χ3v) is 3.43. The molecule has 5 nitrogen and oxygen atoms in total. The minimum absolute atomic E-state index is 0.201. The molecule has 108 valence electrons. The normalized spacial score (nSPS) is 13.4. The van der Waals surface area contributed by atoms with Gasteiger partial charge in [0.1, 0.15) is 4.60 Å². The average Bonchev–Trinajstić information content (AvgIpc) is 2.72. The van der Waals surface area contributed by atoms with E-state index in [0.717, 1.165) is 6.42 Å². The van der Waals surface area contributed by atoms with E-state index < -0.39 is 0 Å². The molecule has 1 amide bonds. The van der Waals surface area contributed by atoms with E-state index in [2.05, 4.69) is 26.2 Å². The molecule has 1 aromatic heterocycles. The molecule has 0 spiro atoms. The van der Waals surface area contributed by atoms with E-state index in [4.69, 9.17) is 9.47 Å². The van der Waals surface area contributed by atoms with Crippen LogP contribution < -0.4 is 14.8 Å². The third kappa shape index (κ3) is 3.33. The lowest BCUT2D eigenvalue weighted by molar-refractivity contribution is 0.102. The number of ether oxygens (including phenoxy) is 2. The zero-order valence-corrected chi connectivity index (χ0v) is 12.7. The van der Waals surface area contributed by atoms with Gasteiger partial charge in [0.25, 0.3) is 5.91 Å². The van der Waals surface area contributed by atoms with Crippen molar-refractivity contribution >= 4 is 27.5 Å². The molecule has 1 aliphatic heterocycles. The van der Waals surface area contributed by atoms with Gasteiger partial charge in [-0.2, -0.15) is 0 Å². The number of halogens is 1. The molecule has 1 aromatic carbocycles. The van der Waals surface area contributed by atoms with Gasteiger partial charge in [-0.05, 0) is 40.2 Å². The Morgan fingerprint density at radius 2 is 1.95 bits per heavy atom. The minimum Gasteiger partial charge on any atom is -0.490 e. The number of hydrogen-bond acceptors (Lipinski definition) is 4. The Hall–Kier alpha value is -2.08. The van der Waals surface area contributed by atoms with E-state index in [0.29, 0.717) is 40.6 Å². The van der Waals surface area contributed by atoms with Crippen LogP contribution in [0.3, 0.4) is 0 Å². The van der Waals surface area contributed by atoms with Crippen LogP contribution in [0.4, 0.5) is 5.69 Å². The first-order chi connectivity index (χ1) is 10.2. The van der Waals surface area contributed by atoms with Crippen molar-refractivity contribution in [2.75, 3.05) is 18.5 Å². The summed E-state index contributed by atoms with van der Waals surface area (Å²) in [5.74, 6) is 1.16. The maximum absolute atomic E-state index is 12.2. The highest BCUT2D eigenvalue weighted by Gasteiger charge is 2.12. The van der Waals surface area contributed by atoms with Gasteiger partial charge in [0.2, 0.25) is 0 Å². The first kappa shape index (κ1) is 13.9. The van der Waals surface area contributed by atoms with Crippen LogP contribution in [0, 0.1) is 0 Å². The molecule has 0 saturated carbocycles. The van der Waals surface area contributed by atoms with E-state index in [1.54, 1.807) is 36.5 Å². The second-order valence-electron chi connectivity index (χ2n) is 4.53. The summed E-state index contributed by atoms with van der Waals surface area (Å²) in [6.07, 6.45) is 2.42. The first-order valence-electron chi connectivity index (χ1n) is 6.55. The number of carbonyl (C=O) groups excluding carboxylic acids is 1. The summed E-state index contributed by atoms with van der Waals surface area (Å²) in [7, 11) is 0. The van der Waals surface area contributed by atoms with E-state index >= 15 is 0 Å². The van der Waals surface area contributed by atoms with Crippen molar-refractivity contribution < 1.29 is 14.3 Å². The van der Waals surface area contributed by atoms with Gasteiger partial charge in [-0.15, -0.1) is 0 Å². The number of nitrogens with zero attached hydrogens (tertiary/aromatic N) is 1. The molecule has 0 saturated heterocycles. The summed E-state index contributed by atoms with van der Waals surface area (Å²) in [5, 5.41) is 2.83. The van der Waals surface area contributed by atoms with Crippen molar-refractivity contribution in [2.24, 2.45) is 0 Å². The van der Waals surface area contributed by atoms with Crippen molar-refractivity contribution in [1.82, 2.24) is 4.98 Å². The Labute approximate surface area is 130 Å². The van der Waals surface area contributed by atoms with Gasteiger partial charge < -0.3 is 14.8 Å². The molecule has 0 fully saturated rings. The van der Waals surface area contributed by atoms with Gasteiger partial charge >= 0.3 is 0 Å². The van der Waals surface area contributed by atoms with Crippen LogP contribution in [0.25, 0.3) is 0 Å². The Bertz CT molecular complexity index is 676. The van der Waals surface area contributed by atoms with Gasteiger partial charge in [-0.3, -0.25) is 4.79 Å². The minimum atomic E-state index is -0.201. The molecular weight excluding hydrogens is 336 g/mol. The van der Waals surface area contributed by atoms with Crippen LogP contribution in [-0.4, -0.2) is 24.1 Å². The number of nitrogens with one attached hydrogen (secondary N) is 1. The van der Waals surface area contributed by atoms with Gasteiger partial charge in [0, 0.05) is 29.9 Å². The lowest BCUT2D eigenvalue weighted by Gasteiger charge is -2.10. The zero-order valence-electron chi connectivity index (χ0n) is 11.1. The molecule has 3 rings (SSSR count). The Kier molecular flexibility index (Phi) is 4.06. The first-order valence-corrected chi connectivity index (χ1v) is 7.34. The summed E-state index contributed by atoms with van der Waals surface area (Å²) in [4.78, 5) is 16.2. The SMILES string of the molecule is O=C(Nc1ccc2c(c1)OCCCO2)c1ccnc(Br)c1. The van der Waals surface area contributed by atoms with Crippen LogP contribution in [-0.2, 0) is 0 Å². The summed E-state index contributed by atoms with van der Waals surface area (Å²) in [6, 6.07) is 8.69. The van der Waals surface area contributed by atoms with Crippen molar-refractivity contribution in [3.8, 4) is 11.5 Å². The van der Waals surface area contributed by atoms with Crippen LogP contribution in [0.1, 0.15) is 16.8 Å². The van der Waals surface area contributed by atoms with Crippen LogP contribution in [0.15, 0.2) is 41.1 Å². The smallest absolute Gasteiger partial charge is 0.255 e. The van der Waals surface area contributed by atoms with Crippen LogP contribution >= 0.6 is 15.9 Å². The fourth-order valence-corrected chi connectivity index (χ4v) is 2.35. The quantitative estimate of drug-likeness (QED) is 0.846. The molecule has 1 N–H and O–H groups in total. The molecule has 2 aromatic rings. The summed E-state index contributed by atoms with van der Waals surface area (Å²) in [5.41, 5.74) is 1.20. The maximum Gasteiger partial charge on any atom is 0.255 e. The lowest BCUT2D eigenvalue weighted by atomic mass is 10.2. The molecule has 6 heteroatoms. The number of pyridine rings is 1. The highest BCUT2D eigenvalue weighted by molar-refractivity contribution is 9.10. The Morgan fingerprint density at radius 3 is 2.76 bits per heavy atom. The maximum atomic E-state index is 12.2. The lowest BCUT2D eigenvalue weighted by Crippen LogP contribution is -2.12. The number of aromatic nitrogens is 1. The predicted molar refractivity (Wildman–Crippen MR) is 81.9 cm³/mol. The van der Waals surface area contributed by atoms with Crippen molar-refractivity contribution in [1.29, 1.82) is 0 Å². The topological polar surface area (TPSA) is 60.5 Å². The van der Waals surface area contributed by atoms with Gasteiger partial charge in [-0.1, -0.05) is 0 Å². The van der Waals surface area contributed by atoms with Crippen LogP contribution in [0.5, 0.6) is 11.5 Å². The molecular formula is C15H13BrN2O3. The number of rotatable bonds is 2. The van der Waals surface area contributed by atoms with Gasteiger partial charge in [0.05, 0.1) is 13.2 Å². The van der Waals surface area contributed by atoms with Gasteiger partial charge in [0.15, 0.2) is 11.5 Å². The molecule has 1 aliphatic rings. The largest absolute Gasteiger partial charge is 0.490 e. The highest BCUT2D eigenvalue weighted by Crippen LogP contribution is 2.32. The fourth-order valence-electron chi connectivity index (χ4n) is 1.99. The monoisotopic (exact) mass is 348 g/mol. The van der Waals surface area contributed by atoms with Crippen molar-refractivity contribution in [3.05, 3.63) is 46.7 Å². The fraction of sp³-hybridized carbons (Fsp3) is 0.200. The molecule has 0 radical (unpaired) electrons. The second kappa shape index (κ2) is 6.13. The number of fused-ring (bicyclic) bond motifs is 1. The van der Waals surface area contributed by atoms with E-state index in [-0.39, 0.29) is 5.91 Å². The Morgan fingerprint density at radius 1 is 1.14 bits per heavy atom. The van der Waals surface area contributed by atoms with E-state index in [1.807, 2.05) is 0 Å². The second-order valence-corrected chi connectivity index (χ2v) is 5.35. The van der Waals surface area contributed by atoms with Gasteiger partial charge in [-0.25, -0.2) is 4.98 Å². The zero-order chi connectivity index (χ0) is 14.7. The Balaban J connectivity index is 1.79. The average molecular weight is 349 g/mol. The third-order valence-electron chi connectivity index (χ3n) is 2.99. The van der Waals surface area contributed by atoms with Crippen molar-refractivity contribution in [2.45, 2.75) is 6.42 Å². The molecule has 0 bridgehead atoms. The standard InChI is InChI=1S/C15H13BrN2O3/c16-14-8-10(4-5-17-14)15(19)18-11-2-3-12-13(9-11)21-7-1-6-20-12/h2-5,8-9H,1,6-7H2,(H,18,19). The van der Waals surface area contributed by atoms with Crippen molar-refractivity contribution in [3.63, 3.8) is 0 Å². The molecule has 0 unspecified atom stereocenters. The number of carbonyl (C=O) groups is 1. The predicted octanol–water partition coefficient (Wildman–Crippen LogP) is 3.26. The number of anilines is 1. The summed E-state index contributed by atoms with van der Waals surface area (Å²) in [6.45, 7) is 1.26. The summed E-state index contributed by atoms with van der Waals surface area (Å²) < 4.78 is 11.8. The van der Waals surface area contributed by atoms with E-state index in [9.17, 15) is 4.79 Å². The number of benzene rings is 1. The molecule has 2 heterocycles. The molecule has 21 heavy (non-hydrogen) atoms. The summed E-state index contributed by atoms with van der Waals surface area (Å²) >= 11 is 3.25.